The van der Waals surface area contributed by atoms with Gasteiger partial charge in [-0.05, 0) is 183 Å². The maximum Gasteiger partial charge on any atom is 0.266 e. The number of rotatable bonds is 5. The zero-order valence-electron chi connectivity index (χ0n) is 49.1. The van der Waals surface area contributed by atoms with E-state index in [4.69, 9.17) is 0 Å². The Balaban J connectivity index is 0.00000209. The molecule has 15 rings (SSSR count). The van der Waals surface area contributed by atoms with E-state index in [9.17, 15) is 19.2 Å². The molecule has 6 heteroatoms. The van der Waals surface area contributed by atoms with Gasteiger partial charge in [0.25, 0.3) is 23.6 Å². The van der Waals surface area contributed by atoms with Gasteiger partial charge in [0.05, 0.1) is 11.4 Å². The van der Waals surface area contributed by atoms with E-state index in [1.807, 2.05) is 104 Å². The van der Waals surface area contributed by atoms with E-state index < -0.39 is 0 Å². The molecule has 2 heterocycles. The van der Waals surface area contributed by atoms with Crippen LogP contribution in [0.1, 0.15) is 166 Å². The predicted octanol–water partition coefficient (Wildman–Crippen LogP) is 19.3. The van der Waals surface area contributed by atoms with Crippen molar-refractivity contribution in [3.63, 3.8) is 0 Å². The van der Waals surface area contributed by atoms with Gasteiger partial charge < -0.3 is 0 Å². The molecule has 0 aromatic heterocycles. The molecule has 410 valence electrons. The molecule has 0 radical (unpaired) electrons. The zero-order chi connectivity index (χ0) is 58.9. The lowest BCUT2D eigenvalue weighted by atomic mass is 9.83. The van der Waals surface area contributed by atoms with Gasteiger partial charge in [-0.1, -0.05) is 195 Å². The summed E-state index contributed by atoms with van der Waals surface area (Å²) in [5.41, 5.74) is 10.9. The second kappa shape index (κ2) is 20.0. The van der Waals surface area contributed by atoms with E-state index in [1.54, 1.807) is 0 Å². The molecular weight excluding hydrogens is 1040 g/mol. The van der Waals surface area contributed by atoms with Crippen LogP contribution in [0, 0.1) is 30.6 Å². The van der Waals surface area contributed by atoms with Crippen LogP contribution in [0.4, 0.5) is 11.4 Å². The monoisotopic (exact) mass is 1100 g/mol. The van der Waals surface area contributed by atoms with Crippen molar-refractivity contribution in [2.24, 2.45) is 0 Å². The number of para-hydroxylation sites is 2. The number of benzene rings is 13. The van der Waals surface area contributed by atoms with Crippen LogP contribution in [-0.4, -0.2) is 23.6 Å². The summed E-state index contributed by atoms with van der Waals surface area (Å²) in [5.74, 6) is 13.0. The normalized spacial score (nSPS) is 13.2. The van der Waals surface area contributed by atoms with Gasteiger partial charge in [0, 0.05) is 55.3 Å². The first-order valence-electron chi connectivity index (χ1n) is 29.7. The predicted molar refractivity (Wildman–Crippen MR) is 352 cm³/mol. The molecule has 4 amide bonds. The molecule has 85 heavy (non-hydrogen) atoms. The highest BCUT2D eigenvalue weighted by Gasteiger charge is 2.40. The summed E-state index contributed by atoms with van der Waals surface area (Å²) >= 11 is 0. The standard InChI is InChI=1S/C76H52N2O4.C3H8/c1-40(2)48-13-8-12-43(7)71(48)77-73(79)61-36-32-57-53-18-10-16-51-46(28-30-55(65(51)53)59-34-38-62(74(77)80)69(61)67(57)59)26-24-44-20-22-45(23-21-44)25-27-47-29-31-56-60-35-39-64-70-63(37-33-58(68(60)70)54-19-11-17-52(47)66(54)56)75(81)78(76(64)82)72-49(41(3)4)14-9-15-50(72)42(5)6;1-3-2/h8-23,28-42H,1-7H3;3H2,1-2H3. The van der Waals surface area contributed by atoms with Crippen LogP contribution in [-0.2, 0) is 0 Å². The molecule has 13 aromatic rings. The second-order valence-corrected chi connectivity index (χ2v) is 23.9. The molecule has 0 saturated heterocycles. The minimum Gasteiger partial charge on any atom is -0.268 e. The Morgan fingerprint density at radius 1 is 0.318 bits per heavy atom. The van der Waals surface area contributed by atoms with Crippen molar-refractivity contribution in [3.8, 4) is 23.7 Å². The highest BCUT2D eigenvalue weighted by Crippen LogP contribution is 2.49. The molecule has 0 atom stereocenters. The Hall–Kier alpha value is -10.1. The fourth-order valence-electron chi connectivity index (χ4n) is 13.7. The van der Waals surface area contributed by atoms with Gasteiger partial charge >= 0.3 is 0 Å². The van der Waals surface area contributed by atoms with E-state index in [0.717, 1.165) is 120 Å². The number of amides is 4. The van der Waals surface area contributed by atoms with Gasteiger partial charge in [0.1, 0.15) is 0 Å². The largest absolute Gasteiger partial charge is 0.268 e. The summed E-state index contributed by atoms with van der Waals surface area (Å²) < 4.78 is 0. The average molecular weight is 1100 g/mol. The molecule has 13 aromatic carbocycles. The van der Waals surface area contributed by atoms with Gasteiger partial charge in [-0.15, -0.1) is 0 Å². The highest BCUT2D eigenvalue weighted by molar-refractivity contribution is 6.44. The molecular formula is C79H60N2O4. The van der Waals surface area contributed by atoms with Crippen LogP contribution in [0.3, 0.4) is 0 Å². The molecule has 0 unspecified atom stereocenters. The third kappa shape index (κ3) is 7.89. The number of hydrogen-bond acceptors (Lipinski definition) is 4. The number of carbonyl (C=O) groups excluding carboxylic acids is 4. The van der Waals surface area contributed by atoms with Crippen LogP contribution >= 0.6 is 0 Å². The summed E-state index contributed by atoms with van der Waals surface area (Å²) in [6.45, 7) is 18.8. The Morgan fingerprint density at radius 2 is 0.612 bits per heavy atom. The highest BCUT2D eigenvalue weighted by atomic mass is 16.2. The first-order valence-corrected chi connectivity index (χ1v) is 29.7. The fourth-order valence-corrected chi connectivity index (χ4v) is 13.7. The van der Waals surface area contributed by atoms with Crippen molar-refractivity contribution >= 4 is 121 Å². The van der Waals surface area contributed by atoms with Crippen LogP contribution < -0.4 is 9.80 Å². The van der Waals surface area contributed by atoms with Crippen molar-refractivity contribution in [2.75, 3.05) is 9.80 Å². The third-order valence-corrected chi connectivity index (χ3v) is 17.5. The smallest absolute Gasteiger partial charge is 0.266 e. The van der Waals surface area contributed by atoms with Gasteiger partial charge in [-0.25, -0.2) is 9.80 Å². The SMILES string of the molecule is CCC.Cc1cccc(C(C)C)c1N1C(=O)c2ccc3c4cccc5c(C#Cc6ccc(C#Cc7ccc8c9ccc%10c%11c(ccc(c%12cccc7c%128)c%119)C(=O)N(c7c(C(C)C)cccc7C(C)C)C%10=O)cc6)ccc(c6ccc(c2c36)C1=O)c54. The molecule has 0 bridgehead atoms. The maximum atomic E-state index is 14.8. The second-order valence-electron chi connectivity index (χ2n) is 23.9. The van der Waals surface area contributed by atoms with Crippen molar-refractivity contribution in [3.05, 3.63) is 237 Å². The van der Waals surface area contributed by atoms with Gasteiger partial charge in [0.2, 0.25) is 0 Å². The molecule has 2 aliphatic rings. The molecule has 0 N–H and O–H groups in total. The Labute approximate surface area is 494 Å². The van der Waals surface area contributed by atoms with Crippen LogP contribution in [0.5, 0.6) is 0 Å². The van der Waals surface area contributed by atoms with Crippen molar-refractivity contribution in [2.45, 2.75) is 86.5 Å². The third-order valence-electron chi connectivity index (χ3n) is 17.5. The number of hydrogen-bond donors (Lipinski definition) is 0. The molecule has 0 aliphatic carbocycles. The van der Waals surface area contributed by atoms with Crippen molar-refractivity contribution in [1.29, 1.82) is 0 Å². The Bertz CT molecular complexity index is 5040. The lowest BCUT2D eigenvalue weighted by Crippen LogP contribution is -2.41. The van der Waals surface area contributed by atoms with Crippen LogP contribution in [0.2, 0.25) is 0 Å². The maximum absolute atomic E-state index is 14.8. The van der Waals surface area contributed by atoms with E-state index in [0.29, 0.717) is 44.4 Å². The number of nitrogens with zero attached hydrogens (tertiary/aromatic N) is 2. The molecule has 0 saturated carbocycles. The zero-order valence-corrected chi connectivity index (χ0v) is 49.1. The van der Waals surface area contributed by atoms with Crippen molar-refractivity contribution in [1.82, 2.24) is 0 Å². The first kappa shape index (κ1) is 52.9. The number of fused-ring (bicyclic) bond motifs is 4. The van der Waals surface area contributed by atoms with Gasteiger partial charge in [-0.2, -0.15) is 0 Å². The molecule has 0 spiro atoms. The first-order chi connectivity index (χ1) is 41.2. The lowest BCUT2D eigenvalue weighted by molar-refractivity contribution is 0.0877. The number of carbonyl (C=O) groups is 4. The quantitative estimate of drug-likeness (QED) is 0.0745. The van der Waals surface area contributed by atoms with E-state index in [1.165, 1.54) is 16.2 Å². The topological polar surface area (TPSA) is 74.8 Å². The van der Waals surface area contributed by atoms with Crippen LogP contribution in [0.25, 0.3) is 86.2 Å². The minimum absolute atomic E-state index is 0.112. The van der Waals surface area contributed by atoms with Gasteiger partial charge in [-0.3, -0.25) is 19.2 Å². The van der Waals surface area contributed by atoms with Crippen molar-refractivity contribution < 1.29 is 19.2 Å². The fraction of sp³-hybridized carbons (Fsp3) is 0.165. The summed E-state index contributed by atoms with van der Waals surface area (Å²) in [7, 11) is 0. The summed E-state index contributed by atoms with van der Waals surface area (Å²) in [6, 6.07) is 57.0. The molecule has 6 nitrogen and oxygen atoms in total. The lowest BCUT2D eigenvalue weighted by Gasteiger charge is -2.32. The van der Waals surface area contributed by atoms with E-state index in [2.05, 4.69) is 152 Å². The molecule has 0 fully saturated rings. The minimum atomic E-state index is -0.298. The summed E-state index contributed by atoms with van der Waals surface area (Å²) in [5, 5.41) is 15.7. The van der Waals surface area contributed by atoms with E-state index >= 15 is 0 Å². The Kier molecular flexibility index (Phi) is 12.5. The number of anilines is 2. The summed E-state index contributed by atoms with van der Waals surface area (Å²) in [4.78, 5) is 61.5. The van der Waals surface area contributed by atoms with Crippen LogP contribution in [0.15, 0.2) is 170 Å². The average Bonchev–Trinajstić information content (AvgIpc) is 1.31. The Morgan fingerprint density at radius 3 is 0.988 bits per heavy atom. The molecule has 2 aliphatic heterocycles. The van der Waals surface area contributed by atoms with Gasteiger partial charge in [0.15, 0.2) is 0 Å². The number of aryl methyl sites for hydroxylation is 1. The summed E-state index contributed by atoms with van der Waals surface area (Å²) in [6.07, 6.45) is 1.25. The van der Waals surface area contributed by atoms with E-state index in [-0.39, 0.29) is 41.4 Å². The number of imide groups is 2.